The van der Waals surface area contributed by atoms with Crippen LogP contribution in [0.2, 0.25) is 10.0 Å². The molecule has 1 saturated heterocycles. The maximum Gasteiger partial charge on any atom is 0.407 e. The molecule has 2 N–H and O–H groups in total. The zero-order valence-electron chi connectivity index (χ0n) is 17.3. The van der Waals surface area contributed by atoms with Crippen LogP contribution in [0.5, 0.6) is 0 Å². The van der Waals surface area contributed by atoms with E-state index in [1.165, 1.54) is 18.9 Å². The number of amides is 2. The van der Waals surface area contributed by atoms with Gasteiger partial charge in [-0.3, -0.25) is 4.79 Å². The Morgan fingerprint density at radius 2 is 2.00 bits per heavy atom. The summed E-state index contributed by atoms with van der Waals surface area (Å²) in [6.45, 7) is 7.58. The Morgan fingerprint density at radius 3 is 2.48 bits per heavy atom. The highest BCUT2D eigenvalue weighted by molar-refractivity contribution is 6.42. The third kappa shape index (κ3) is 5.54. The highest BCUT2D eigenvalue weighted by Crippen LogP contribution is 2.41. The third-order valence-electron chi connectivity index (χ3n) is 5.15. The lowest BCUT2D eigenvalue weighted by atomic mass is 9.87. The molecule has 0 aliphatic carbocycles. The normalized spacial score (nSPS) is 25.4. The number of halogens is 2. The average molecular weight is 447 g/mol. The Balaban J connectivity index is 2.62. The van der Waals surface area contributed by atoms with E-state index in [0.717, 1.165) is 0 Å². The van der Waals surface area contributed by atoms with Gasteiger partial charge in [0.2, 0.25) is 5.91 Å². The zero-order chi connectivity index (χ0) is 22.0. The van der Waals surface area contributed by atoms with Gasteiger partial charge in [-0.05, 0) is 23.1 Å². The van der Waals surface area contributed by atoms with Crippen LogP contribution < -0.4 is 5.32 Å². The molecule has 7 nitrogen and oxygen atoms in total. The maximum absolute atomic E-state index is 12.0. The number of rotatable bonds is 4. The zero-order valence-corrected chi connectivity index (χ0v) is 18.8. The van der Waals surface area contributed by atoms with Gasteiger partial charge in [-0.15, -0.1) is 0 Å². The van der Waals surface area contributed by atoms with Crippen molar-refractivity contribution in [2.75, 3.05) is 26.7 Å². The molecule has 0 aromatic heterocycles. The summed E-state index contributed by atoms with van der Waals surface area (Å²) < 4.78 is 12.4. The second-order valence-electron chi connectivity index (χ2n) is 8.39. The minimum absolute atomic E-state index is 0.0105. The monoisotopic (exact) mass is 446 g/mol. The molecule has 3 atom stereocenters. The summed E-state index contributed by atoms with van der Waals surface area (Å²) >= 11 is 12.3. The summed E-state index contributed by atoms with van der Waals surface area (Å²) in [5.41, 5.74) is -0.825. The Labute approximate surface area is 181 Å². The van der Waals surface area contributed by atoms with Crippen LogP contribution in [0.25, 0.3) is 0 Å². The van der Waals surface area contributed by atoms with Gasteiger partial charge in [0.25, 0.3) is 0 Å². The van der Waals surface area contributed by atoms with Crippen LogP contribution in [0.3, 0.4) is 0 Å². The number of hydrogen-bond donors (Lipinski definition) is 2. The van der Waals surface area contributed by atoms with Crippen molar-refractivity contribution in [3.05, 3.63) is 33.8 Å². The van der Waals surface area contributed by atoms with E-state index in [-0.39, 0.29) is 31.0 Å². The van der Waals surface area contributed by atoms with Crippen molar-refractivity contribution in [2.24, 2.45) is 5.41 Å². The average Bonchev–Trinajstić information content (AvgIpc) is 2.80. The number of nitrogens with one attached hydrogen (secondary N) is 1. The summed E-state index contributed by atoms with van der Waals surface area (Å²) in [5, 5.41) is 13.3. The first-order valence-corrected chi connectivity index (χ1v) is 10.0. The second kappa shape index (κ2) is 9.08. The van der Waals surface area contributed by atoms with Gasteiger partial charge >= 0.3 is 6.09 Å². The van der Waals surface area contributed by atoms with Crippen LogP contribution in [-0.2, 0) is 14.3 Å². The molecule has 2 amide bonds. The molecule has 162 valence electrons. The number of carbonyl (C=O) groups excluding carboxylic acids is 1. The van der Waals surface area contributed by atoms with E-state index < -0.39 is 23.9 Å². The number of hydrogen-bond acceptors (Lipinski definition) is 4. The van der Waals surface area contributed by atoms with Crippen molar-refractivity contribution in [2.45, 2.75) is 45.5 Å². The molecule has 1 aromatic carbocycles. The predicted molar refractivity (Wildman–Crippen MR) is 112 cm³/mol. The molecule has 2 rings (SSSR count). The first-order chi connectivity index (χ1) is 13.4. The first kappa shape index (κ1) is 23.7. The van der Waals surface area contributed by atoms with Gasteiger partial charge in [0.05, 0.1) is 35.8 Å². The van der Waals surface area contributed by atoms with Gasteiger partial charge in [-0.1, -0.05) is 50.0 Å². The molecule has 9 heteroatoms. The molecule has 1 aliphatic heterocycles. The van der Waals surface area contributed by atoms with Crippen molar-refractivity contribution in [1.29, 1.82) is 0 Å². The van der Waals surface area contributed by atoms with Crippen molar-refractivity contribution in [1.82, 2.24) is 10.2 Å². The van der Waals surface area contributed by atoms with Crippen molar-refractivity contribution in [3.63, 3.8) is 0 Å². The Kier molecular flexibility index (Phi) is 7.43. The summed E-state index contributed by atoms with van der Waals surface area (Å²) in [7, 11) is 1.48. The molecule has 3 unspecified atom stereocenters. The molecule has 1 aromatic rings. The molecular formula is C20H28Cl2N2O5. The lowest BCUT2D eigenvalue weighted by Crippen LogP contribution is -2.55. The van der Waals surface area contributed by atoms with Gasteiger partial charge in [-0.2, -0.15) is 0 Å². The minimum atomic E-state index is -1.17. The summed E-state index contributed by atoms with van der Waals surface area (Å²) in [5.74, 6) is -0.257. The minimum Gasteiger partial charge on any atom is -0.465 e. The van der Waals surface area contributed by atoms with Gasteiger partial charge in [0, 0.05) is 14.0 Å². The molecule has 0 bridgehead atoms. The van der Waals surface area contributed by atoms with Crippen molar-refractivity contribution in [3.8, 4) is 0 Å². The summed E-state index contributed by atoms with van der Waals surface area (Å²) in [4.78, 5) is 24.9. The van der Waals surface area contributed by atoms with Crippen LogP contribution in [-0.4, -0.2) is 60.5 Å². The fourth-order valence-corrected chi connectivity index (χ4v) is 3.66. The topological polar surface area (TPSA) is 88.1 Å². The van der Waals surface area contributed by atoms with Crippen LogP contribution in [0.15, 0.2) is 18.2 Å². The highest BCUT2D eigenvalue weighted by atomic mass is 35.5. The number of ether oxygens (including phenoxy) is 2. The Morgan fingerprint density at radius 1 is 1.34 bits per heavy atom. The number of benzene rings is 1. The quantitative estimate of drug-likeness (QED) is 0.729. The highest BCUT2D eigenvalue weighted by Gasteiger charge is 2.49. The van der Waals surface area contributed by atoms with Gasteiger partial charge in [-0.25, -0.2) is 4.79 Å². The largest absolute Gasteiger partial charge is 0.465 e. The van der Waals surface area contributed by atoms with E-state index in [9.17, 15) is 14.7 Å². The molecule has 0 spiro atoms. The molecular weight excluding hydrogens is 419 g/mol. The summed E-state index contributed by atoms with van der Waals surface area (Å²) in [6.07, 6.45) is -2.20. The summed E-state index contributed by atoms with van der Waals surface area (Å²) in [6, 6.07) is 5.12. The third-order valence-corrected chi connectivity index (χ3v) is 5.89. The first-order valence-electron chi connectivity index (χ1n) is 9.27. The van der Waals surface area contributed by atoms with E-state index in [1.807, 2.05) is 20.8 Å². The fourth-order valence-electron chi connectivity index (χ4n) is 3.35. The number of carboxylic acid groups (broad SMARTS) is 1. The molecule has 1 fully saturated rings. The van der Waals surface area contributed by atoms with E-state index in [0.29, 0.717) is 15.6 Å². The molecule has 0 saturated carbocycles. The van der Waals surface area contributed by atoms with E-state index >= 15 is 0 Å². The van der Waals surface area contributed by atoms with Gasteiger partial charge < -0.3 is 24.8 Å². The van der Waals surface area contributed by atoms with Crippen LogP contribution in [0, 0.1) is 5.41 Å². The van der Waals surface area contributed by atoms with Gasteiger partial charge in [0.15, 0.2) is 0 Å². The van der Waals surface area contributed by atoms with E-state index in [4.69, 9.17) is 32.7 Å². The number of nitrogens with zero attached hydrogens (tertiary/aromatic N) is 1. The van der Waals surface area contributed by atoms with Crippen LogP contribution in [0.4, 0.5) is 4.79 Å². The second-order valence-corrected chi connectivity index (χ2v) is 9.20. The molecule has 1 heterocycles. The van der Waals surface area contributed by atoms with Crippen LogP contribution >= 0.6 is 23.2 Å². The Bertz CT molecular complexity index is 768. The van der Waals surface area contributed by atoms with E-state index in [2.05, 4.69) is 5.32 Å². The van der Waals surface area contributed by atoms with Crippen LogP contribution in [0.1, 0.15) is 39.4 Å². The smallest absolute Gasteiger partial charge is 0.407 e. The lowest BCUT2D eigenvalue weighted by Gasteiger charge is -2.40. The van der Waals surface area contributed by atoms with E-state index in [1.54, 1.807) is 18.2 Å². The maximum atomic E-state index is 12.0. The standard InChI is InChI=1S/C20H28Cl2N2O5/c1-12(25)23-10-20(28-5)11-24(18(26)27)9-16(19(2,3)4)29-17(20)13-6-7-14(21)15(22)8-13/h6-8,16-17H,9-11H2,1-5H3,(H,23,25)(H,26,27). The van der Waals surface area contributed by atoms with Gasteiger partial charge in [0.1, 0.15) is 11.7 Å². The molecule has 29 heavy (non-hydrogen) atoms. The molecule has 0 radical (unpaired) electrons. The number of methoxy groups -OCH3 is 1. The number of carbonyl (C=O) groups is 2. The molecule has 1 aliphatic rings. The fraction of sp³-hybridized carbons (Fsp3) is 0.600. The SMILES string of the molecule is COC1(CNC(C)=O)CN(C(=O)O)CC(C(C)(C)C)OC1c1ccc(Cl)c(Cl)c1. The lowest BCUT2D eigenvalue weighted by molar-refractivity contribution is -0.155. The Hall–Kier alpha value is -1.54. The predicted octanol–water partition coefficient (Wildman–Crippen LogP) is 3.98. The van der Waals surface area contributed by atoms with Crippen molar-refractivity contribution >= 4 is 35.2 Å². The van der Waals surface area contributed by atoms with Crippen molar-refractivity contribution < 1.29 is 24.2 Å².